The smallest absolute Gasteiger partial charge is 0.303 e. The molecule has 1 N–H and O–H groups in total. The van der Waals surface area contributed by atoms with Crippen LogP contribution in [0.5, 0.6) is 5.75 Å². The Morgan fingerprint density at radius 2 is 1.84 bits per heavy atom. The number of hydrogen-bond donors (Lipinski definition) is 1. The number of rotatable bonds is 8. The quantitative estimate of drug-likeness (QED) is 0.287. The van der Waals surface area contributed by atoms with Gasteiger partial charge in [-0.05, 0) is 43.0 Å². The number of methoxy groups -OCH3 is 2. The summed E-state index contributed by atoms with van der Waals surface area (Å²) in [7, 11) is 4.75. The van der Waals surface area contributed by atoms with Gasteiger partial charge in [0.1, 0.15) is 11.6 Å². The van der Waals surface area contributed by atoms with Crippen molar-refractivity contribution in [2.24, 2.45) is 5.92 Å². The van der Waals surface area contributed by atoms with E-state index in [1.807, 2.05) is 19.1 Å². The van der Waals surface area contributed by atoms with E-state index in [4.69, 9.17) is 9.47 Å². The summed E-state index contributed by atoms with van der Waals surface area (Å²) in [5, 5.41) is 13.8. The van der Waals surface area contributed by atoms with Crippen molar-refractivity contribution in [2.45, 2.75) is 25.9 Å². The van der Waals surface area contributed by atoms with Crippen molar-refractivity contribution in [1.82, 2.24) is 19.5 Å². The Morgan fingerprint density at radius 1 is 1.12 bits per heavy atom. The Morgan fingerprint density at radius 3 is 2.49 bits per heavy atom. The number of carboxylic acid groups (broad SMARTS) is 1. The van der Waals surface area contributed by atoms with Crippen molar-refractivity contribution in [3.8, 4) is 17.0 Å². The number of aromatic nitrogens is 3. The molecule has 10 nitrogen and oxygen atoms in total. The molecule has 2 unspecified atom stereocenters. The monoisotopic (exact) mass is 597 g/mol. The normalized spacial score (nSPS) is 16.9. The number of anilines is 2. The highest BCUT2D eigenvalue weighted by atomic mass is 19.2. The van der Waals surface area contributed by atoms with Gasteiger partial charge in [-0.25, -0.2) is 18.2 Å². The lowest BCUT2D eigenvalue weighted by atomic mass is 9.90. The lowest BCUT2D eigenvalue weighted by molar-refractivity contribution is -0.140. The number of para-hydroxylation sites is 1. The molecule has 1 amide bonds. The molecule has 4 aromatic rings. The molecule has 13 heteroatoms. The molecule has 43 heavy (non-hydrogen) atoms. The average Bonchev–Trinajstić information content (AvgIpc) is 3.42. The second-order valence-electron chi connectivity index (χ2n) is 10.4. The lowest BCUT2D eigenvalue weighted by Crippen LogP contribution is -2.48. The molecule has 1 aliphatic heterocycles. The van der Waals surface area contributed by atoms with Crippen LogP contribution >= 0.6 is 0 Å². The largest absolute Gasteiger partial charge is 0.495 e. The first kappa shape index (κ1) is 29.8. The first-order chi connectivity index (χ1) is 20.5. The van der Waals surface area contributed by atoms with Gasteiger partial charge in [-0.3, -0.25) is 9.59 Å². The predicted octanol–water partition coefficient (Wildman–Crippen LogP) is 4.85. The topological polar surface area (TPSA) is 110 Å². The molecule has 226 valence electrons. The van der Waals surface area contributed by atoms with Crippen LogP contribution < -0.4 is 9.64 Å². The van der Waals surface area contributed by atoms with Crippen molar-refractivity contribution in [1.29, 1.82) is 0 Å². The number of likely N-dealkylation sites (tertiary alicyclic amines) is 1. The molecule has 1 saturated heterocycles. The predicted molar refractivity (Wildman–Crippen MR) is 151 cm³/mol. The van der Waals surface area contributed by atoms with Crippen LogP contribution in [0.3, 0.4) is 0 Å². The molecule has 0 aliphatic carbocycles. The zero-order valence-electron chi connectivity index (χ0n) is 24.0. The summed E-state index contributed by atoms with van der Waals surface area (Å²) < 4.78 is 54.7. The fourth-order valence-corrected chi connectivity index (χ4v) is 5.53. The summed E-state index contributed by atoms with van der Waals surface area (Å²) in [6, 6.07) is 10.2. The number of aliphatic carboxylic acids is 1. The van der Waals surface area contributed by atoms with Crippen LogP contribution in [0.15, 0.2) is 42.5 Å². The van der Waals surface area contributed by atoms with E-state index in [2.05, 4.69) is 10.1 Å². The minimum atomic E-state index is -1.59. The van der Waals surface area contributed by atoms with Gasteiger partial charge < -0.3 is 24.4 Å². The van der Waals surface area contributed by atoms with Gasteiger partial charge >= 0.3 is 5.97 Å². The van der Waals surface area contributed by atoms with E-state index >= 15 is 0 Å². The van der Waals surface area contributed by atoms with Crippen LogP contribution in [0.1, 0.15) is 28.9 Å². The molecular formula is C30H30F3N5O5. The summed E-state index contributed by atoms with van der Waals surface area (Å²) in [5.74, 6) is -4.98. The summed E-state index contributed by atoms with van der Waals surface area (Å²) in [4.78, 5) is 32.7. The third kappa shape index (κ3) is 5.72. The van der Waals surface area contributed by atoms with Gasteiger partial charge in [0.15, 0.2) is 28.8 Å². The Kier molecular flexibility index (Phi) is 8.27. The molecule has 5 rings (SSSR count). The second-order valence-corrected chi connectivity index (χ2v) is 10.4. The van der Waals surface area contributed by atoms with Crippen LogP contribution in [0.25, 0.3) is 16.9 Å². The van der Waals surface area contributed by atoms with Crippen molar-refractivity contribution < 1.29 is 37.3 Å². The van der Waals surface area contributed by atoms with Gasteiger partial charge in [0.05, 0.1) is 31.0 Å². The van der Waals surface area contributed by atoms with Gasteiger partial charge in [0.25, 0.3) is 5.91 Å². The zero-order chi connectivity index (χ0) is 31.0. The molecule has 0 spiro atoms. The number of halogens is 3. The van der Waals surface area contributed by atoms with Gasteiger partial charge in [0.2, 0.25) is 0 Å². The molecule has 2 atom stereocenters. The first-order valence-electron chi connectivity index (χ1n) is 13.5. The third-order valence-corrected chi connectivity index (χ3v) is 7.73. The molecule has 0 saturated carbocycles. The Labute approximate surface area is 245 Å². The summed E-state index contributed by atoms with van der Waals surface area (Å²) in [6.45, 7) is 2.38. The maximum Gasteiger partial charge on any atom is 0.303 e. The number of piperidine rings is 1. The fraction of sp³-hybridized carbons (Fsp3) is 0.333. The van der Waals surface area contributed by atoms with E-state index in [1.54, 1.807) is 22.9 Å². The fourth-order valence-electron chi connectivity index (χ4n) is 5.53. The standard InChI is InChI=1S/C30H30F3N5O5/c1-16-6-5-7-23(42-3)29(16)36(2)26-14-21(18-10-19(31)28(33)20(32)11-18)34-25-13-22(35-38(25)26)30(41)37-9-8-17(12-27(39)40)24(15-37)43-4/h5-7,10-11,13-14,17,24H,8-9,12,15H2,1-4H3,(H,39,40). The Bertz CT molecular complexity index is 1690. The number of ether oxygens (including phenoxy) is 2. The van der Waals surface area contributed by atoms with Crippen molar-refractivity contribution in [2.75, 3.05) is 39.3 Å². The minimum Gasteiger partial charge on any atom is -0.495 e. The number of aryl methyl sites for hydroxylation is 1. The van der Waals surface area contributed by atoms with Crippen LogP contribution in [0.2, 0.25) is 0 Å². The van der Waals surface area contributed by atoms with Crippen LogP contribution in [-0.2, 0) is 9.53 Å². The highest BCUT2D eigenvalue weighted by molar-refractivity contribution is 5.94. The first-order valence-corrected chi connectivity index (χ1v) is 13.5. The molecule has 0 radical (unpaired) electrons. The number of carbonyl (C=O) groups excluding carboxylic acids is 1. The Hall–Kier alpha value is -4.65. The average molecular weight is 598 g/mol. The maximum absolute atomic E-state index is 14.2. The van der Waals surface area contributed by atoms with Gasteiger partial charge in [-0.1, -0.05) is 12.1 Å². The highest BCUT2D eigenvalue weighted by Gasteiger charge is 2.34. The van der Waals surface area contributed by atoms with E-state index in [9.17, 15) is 27.9 Å². The van der Waals surface area contributed by atoms with E-state index < -0.39 is 35.4 Å². The van der Waals surface area contributed by atoms with Crippen molar-refractivity contribution in [3.05, 3.63) is 71.2 Å². The maximum atomic E-state index is 14.2. The van der Waals surface area contributed by atoms with Gasteiger partial charge in [-0.2, -0.15) is 9.61 Å². The van der Waals surface area contributed by atoms with E-state index in [1.165, 1.54) is 30.9 Å². The number of carbonyl (C=O) groups is 2. The van der Waals surface area contributed by atoms with E-state index in [0.29, 0.717) is 30.2 Å². The molecule has 3 heterocycles. The molecule has 0 bridgehead atoms. The lowest BCUT2D eigenvalue weighted by Gasteiger charge is -2.36. The van der Waals surface area contributed by atoms with Gasteiger partial charge in [-0.15, -0.1) is 0 Å². The SMILES string of the molecule is COc1cccc(C)c1N(C)c1cc(-c2cc(F)c(F)c(F)c2)nc2cc(C(=O)N3CCC(CC(=O)O)C(OC)C3)nn12. The number of fused-ring (bicyclic) bond motifs is 1. The number of carboxylic acids is 1. The zero-order valence-corrected chi connectivity index (χ0v) is 24.0. The number of nitrogens with zero attached hydrogens (tertiary/aromatic N) is 5. The van der Waals surface area contributed by atoms with Crippen LogP contribution in [0.4, 0.5) is 24.7 Å². The van der Waals surface area contributed by atoms with E-state index in [-0.39, 0.29) is 41.5 Å². The Balaban J connectivity index is 1.61. The van der Waals surface area contributed by atoms with Gasteiger partial charge in [0, 0.05) is 44.9 Å². The number of hydrogen-bond acceptors (Lipinski definition) is 7. The summed E-state index contributed by atoms with van der Waals surface area (Å²) in [6.07, 6.45) is -0.0895. The van der Waals surface area contributed by atoms with E-state index in [0.717, 1.165) is 17.7 Å². The minimum absolute atomic E-state index is 0.0113. The summed E-state index contributed by atoms with van der Waals surface area (Å²) in [5.41, 5.74) is 1.89. The molecule has 2 aromatic carbocycles. The van der Waals surface area contributed by atoms with Crippen LogP contribution in [-0.4, -0.2) is 76.9 Å². The third-order valence-electron chi connectivity index (χ3n) is 7.73. The highest BCUT2D eigenvalue weighted by Crippen LogP contribution is 2.37. The summed E-state index contributed by atoms with van der Waals surface area (Å²) >= 11 is 0. The van der Waals surface area contributed by atoms with Crippen molar-refractivity contribution >= 4 is 29.0 Å². The van der Waals surface area contributed by atoms with Crippen LogP contribution in [0, 0.1) is 30.3 Å². The molecule has 2 aromatic heterocycles. The second kappa shape index (κ2) is 11.9. The number of benzene rings is 2. The molecule has 1 aliphatic rings. The van der Waals surface area contributed by atoms with Crippen molar-refractivity contribution in [3.63, 3.8) is 0 Å². The number of amides is 1. The molecular weight excluding hydrogens is 567 g/mol. The molecule has 1 fully saturated rings.